The van der Waals surface area contributed by atoms with Gasteiger partial charge in [0, 0.05) is 5.56 Å². The molecular weight excluding hydrogens is 178 g/mol. The van der Waals surface area contributed by atoms with Gasteiger partial charge in [-0.2, -0.15) is 0 Å². The Balaban J connectivity index is 2.54. The van der Waals surface area contributed by atoms with Gasteiger partial charge >= 0.3 is 0 Å². The van der Waals surface area contributed by atoms with Crippen LogP contribution in [-0.2, 0) is 0 Å². The van der Waals surface area contributed by atoms with Crippen molar-refractivity contribution in [1.29, 1.82) is 0 Å². The van der Waals surface area contributed by atoms with E-state index in [0.717, 1.165) is 22.6 Å². The van der Waals surface area contributed by atoms with Crippen LogP contribution < -0.4 is 0 Å². The second-order valence-electron chi connectivity index (χ2n) is 3.25. The van der Waals surface area contributed by atoms with E-state index >= 15 is 0 Å². The Morgan fingerprint density at radius 1 is 1.14 bits per heavy atom. The summed E-state index contributed by atoms with van der Waals surface area (Å²) in [6.07, 6.45) is 0. The molecule has 3 nitrogen and oxygen atoms in total. The van der Waals surface area contributed by atoms with Crippen molar-refractivity contribution in [3.63, 3.8) is 0 Å². The number of nitrogens with zero attached hydrogens (tertiary/aromatic N) is 1. The summed E-state index contributed by atoms with van der Waals surface area (Å²) in [5.74, 6) is 1.06. The van der Waals surface area contributed by atoms with Gasteiger partial charge in [-0.25, -0.2) is 0 Å². The lowest BCUT2D eigenvalue weighted by atomic mass is 10.0. The highest BCUT2D eigenvalue weighted by Gasteiger charge is 2.10. The quantitative estimate of drug-likeness (QED) is 0.750. The summed E-state index contributed by atoms with van der Waals surface area (Å²) in [6.45, 7) is 3.78. The molecule has 1 heterocycles. The van der Waals surface area contributed by atoms with E-state index in [-0.39, 0.29) is 5.75 Å². The third-order valence-electron chi connectivity index (χ3n) is 2.19. The molecule has 2 aromatic rings. The van der Waals surface area contributed by atoms with Gasteiger partial charge in [-0.15, -0.1) is 0 Å². The third kappa shape index (κ3) is 1.37. The van der Waals surface area contributed by atoms with E-state index in [2.05, 4.69) is 5.16 Å². The van der Waals surface area contributed by atoms with Crippen LogP contribution in [-0.4, -0.2) is 10.3 Å². The maximum Gasteiger partial charge on any atom is 0.141 e. The summed E-state index contributed by atoms with van der Waals surface area (Å²) < 4.78 is 5.07. The molecule has 2 rings (SSSR count). The van der Waals surface area contributed by atoms with E-state index in [4.69, 9.17) is 9.63 Å². The largest absolute Gasteiger partial charge is 0.508 e. The van der Waals surface area contributed by atoms with Gasteiger partial charge in [0.15, 0.2) is 0 Å². The van der Waals surface area contributed by atoms with Crippen LogP contribution in [0.4, 0.5) is 0 Å². The van der Waals surface area contributed by atoms with Crippen molar-refractivity contribution in [1.82, 2.24) is 5.16 Å². The molecule has 0 amide bonds. The zero-order chi connectivity index (χ0) is 10.1. The zero-order valence-corrected chi connectivity index (χ0v) is 8.11. The van der Waals surface area contributed by atoms with Crippen molar-refractivity contribution < 1.29 is 9.63 Å². The van der Waals surface area contributed by atoms with Crippen molar-refractivity contribution in [2.75, 3.05) is 0 Å². The predicted octanol–water partition coefficient (Wildman–Crippen LogP) is 2.66. The van der Waals surface area contributed by atoms with Crippen LogP contribution in [0.3, 0.4) is 0 Å². The Morgan fingerprint density at radius 2 is 1.79 bits per heavy atom. The Morgan fingerprint density at radius 3 is 2.29 bits per heavy atom. The lowest BCUT2D eigenvalue weighted by Gasteiger charge is -1.99. The fraction of sp³-hybridized carbons (Fsp3) is 0.182. The second-order valence-corrected chi connectivity index (χ2v) is 3.25. The molecule has 0 atom stereocenters. The van der Waals surface area contributed by atoms with E-state index < -0.39 is 0 Å². The molecule has 0 aliphatic rings. The Hall–Kier alpha value is -1.77. The zero-order valence-electron chi connectivity index (χ0n) is 8.11. The van der Waals surface area contributed by atoms with Gasteiger partial charge in [0.05, 0.1) is 5.69 Å². The number of aromatic nitrogens is 1. The summed E-state index contributed by atoms with van der Waals surface area (Å²) in [6, 6.07) is 7.01. The Bertz CT molecular complexity index is 423. The lowest BCUT2D eigenvalue weighted by molar-refractivity contribution is 0.393. The number of rotatable bonds is 1. The molecule has 1 aromatic carbocycles. The smallest absolute Gasteiger partial charge is 0.141 e. The average molecular weight is 189 g/mol. The van der Waals surface area contributed by atoms with Crippen LogP contribution in [0.5, 0.6) is 5.75 Å². The van der Waals surface area contributed by atoms with Crippen molar-refractivity contribution in [3.05, 3.63) is 35.7 Å². The summed E-state index contributed by atoms with van der Waals surface area (Å²) in [5.41, 5.74) is 2.89. The predicted molar refractivity (Wildman–Crippen MR) is 53.1 cm³/mol. The molecule has 1 N–H and O–H groups in total. The molecule has 1 aromatic heterocycles. The van der Waals surface area contributed by atoms with Crippen molar-refractivity contribution in [2.24, 2.45) is 0 Å². The normalized spacial score (nSPS) is 10.4. The van der Waals surface area contributed by atoms with Crippen LogP contribution in [0.15, 0.2) is 28.8 Å². The topological polar surface area (TPSA) is 46.3 Å². The summed E-state index contributed by atoms with van der Waals surface area (Å²) in [5, 5.41) is 13.0. The van der Waals surface area contributed by atoms with Crippen molar-refractivity contribution in [3.8, 4) is 16.9 Å². The minimum atomic E-state index is 0.264. The monoisotopic (exact) mass is 189 g/mol. The molecule has 0 saturated carbocycles. The molecule has 0 fully saturated rings. The van der Waals surface area contributed by atoms with Gasteiger partial charge in [-0.1, -0.05) is 17.3 Å². The first-order valence-electron chi connectivity index (χ1n) is 4.41. The minimum absolute atomic E-state index is 0.264. The molecule has 3 heteroatoms. The molecule has 0 saturated heterocycles. The molecule has 0 spiro atoms. The maximum atomic E-state index is 9.15. The summed E-state index contributed by atoms with van der Waals surface area (Å²) in [7, 11) is 0. The van der Waals surface area contributed by atoms with E-state index in [0.29, 0.717) is 0 Å². The molecule has 0 unspecified atom stereocenters. The highest BCUT2D eigenvalue weighted by Crippen LogP contribution is 2.27. The molecular formula is C11H11NO2. The molecule has 0 bridgehead atoms. The molecule has 14 heavy (non-hydrogen) atoms. The Kier molecular flexibility index (Phi) is 2.00. The Labute approximate surface area is 82.0 Å². The fourth-order valence-corrected chi connectivity index (χ4v) is 1.52. The van der Waals surface area contributed by atoms with Gasteiger partial charge < -0.3 is 9.63 Å². The SMILES string of the molecule is Cc1noc(C)c1-c1ccc(O)cc1. The van der Waals surface area contributed by atoms with Crippen molar-refractivity contribution in [2.45, 2.75) is 13.8 Å². The lowest BCUT2D eigenvalue weighted by Crippen LogP contribution is -1.80. The van der Waals surface area contributed by atoms with Gasteiger partial charge in [-0.3, -0.25) is 0 Å². The van der Waals surface area contributed by atoms with E-state index in [1.165, 1.54) is 0 Å². The highest BCUT2D eigenvalue weighted by atomic mass is 16.5. The van der Waals surface area contributed by atoms with Crippen LogP contribution in [0.1, 0.15) is 11.5 Å². The van der Waals surface area contributed by atoms with E-state index in [9.17, 15) is 0 Å². The summed E-state index contributed by atoms with van der Waals surface area (Å²) in [4.78, 5) is 0. The highest BCUT2D eigenvalue weighted by molar-refractivity contribution is 5.67. The van der Waals surface area contributed by atoms with Gasteiger partial charge in [0.25, 0.3) is 0 Å². The van der Waals surface area contributed by atoms with Crippen LogP contribution in [0.2, 0.25) is 0 Å². The van der Waals surface area contributed by atoms with Gasteiger partial charge in [0.1, 0.15) is 11.5 Å². The summed E-state index contributed by atoms with van der Waals surface area (Å²) >= 11 is 0. The van der Waals surface area contributed by atoms with Gasteiger partial charge in [0.2, 0.25) is 0 Å². The average Bonchev–Trinajstić information content (AvgIpc) is 2.49. The second kappa shape index (κ2) is 3.18. The number of hydrogen-bond acceptors (Lipinski definition) is 3. The number of aryl methyl sites for hydroxylation is 2. The van der Waals surface area contributed by atoms with Crippen molar-refractivity contribution >= 4 is 0 Å². The molecule has 0 aliphatic heterocycles. The van der Waals surface area contributed by atoms with E-state index in [1.807, 2.05) is 26.0 Å². The minimum Gasteiger partial charge on any atom is -0.508 e. The number of benzene rings is 1. The standard InChI is InChI=1S/C11H11NO2/c1-7-11(8(2)14-12-7)9-3-5-10(13)6-4-9/h3-6,13H,1-2H3. The first-order chi connectivity index (χ1) is 6.68. The third-order valence-corrected chi connectivity index (χ3v) is 2.19. The first kappa shape index (κ1) is 8.81. The first-order valence-corrected chi connectivity index (χ1v) is 4.41. The van der Waals surface area contributed by atoms with Crippen LogP contribution in [0, 0.1) is 13.8 Å². The molecule has 0 aliphatic carbocycles. The van der Waals surface area contributed by atoms with E-state index in [1.54, 1.807) is 12.1 Å². The number of aromatic hydroxyl groups is 1. The number of hydrogen-bond donors (Lipinski definition) is 1. The number of phenols is 1. The fourth-order valence-electron chi connectivity index (χ4n) is 1.52. The van der Waals surface area contributed by atoms with Gasteiger partial charge in [-0.05, 0) is 31.5 Å². The number of phenolic OH excluding ortho intramolecular Hbond substituents is 1. The molecule has 0 radical (unpaired) electrons. The maximum absolute atomic E-state index is 9.15. The van der Waals surface area contributed by atoms with Crippen LogP contribution >= 0.6 is 0 Å². The van der Waals surface area contributed by atoms with Crippen LogP contribution in [0.25, 0.3) is 11.1 Å². The molecule has 72 valence electrons.